The second-order valence-corrected chi connectivity index (χ2v) is 14.9. The monoisotopic (exact) mass is 551 g/mol. The summed E-state index contributed by atoms with van der Waals surface area (Å²) >= 11 is 9.70. The number of amides is 1. The van der Waals surface area contributed by atoms with Gasteiger partial charge in [-0.25, -0.2) is 10.0 Å². The van der Waals surface area contributed by atoms with E-state index >= 15 is 0 Å². The predicted octanol–water partition coefficient (Wildman–Crippen LogP) is 5.09. The van der Waals surface area contributed by atoms with E-state index in [1.807, 2.05) is 42.5 Å². The smallest absolute Gasteiger partial charge is 0.235 e. The van der Waals surface area contributed by atoms with Crippen molar-refractivity contribution in [1.82, 2.24) is 20.2 Å². The summed E-state index contributed by atoms with van der Waals surface area (Å²) in [6.07, 6.45) is 8.37. The Hall–Kier alpha value is -1.94. The summed E-state index contributed by atoms with van der Waals surface area (Å²) in [6.45, 7) is 0.911. The van der Waals surface area contributed by atoms with E-state index in [0.29, 0.717) is 23.1 Å². The normalized spacial score (nSPS) is 15.3. The Kier molecular flexibility index (Phi) is 7.14. The molecule has 0 radical (unpaired) electrons. The first-order valence-corrected chi connectivity index (χ1v) is 14.8. The van der Waals surface area contributed by atoms with E-state index in [0.717, 1.165) is 34.2 Å². The molecular weight excluding hydrogens is 526 g/mol. The minimum Gasteiger partial charge on any atom is -0.356 e. The second kappa shape index (κ2) is 9.74. The summed E-state index contributed by atoms with van der Waals surface area (Å²) in [6, 6.07) is 13.1. The average molecular weight is 553 g/mol. The Labute approximate surface area is 208 Å². The standard InChI is InChI=1S/C23H27BrClN5O2S/c1-33(2,3)12-11-32-15-30-28-21(27-29-30)19-14-18(7-8-20(19)24)26-22(31)23(9-10-23)16-5-4-6-17(25)13-16/h4-8,13-14H,9-12,15H2,1-3H3,(H,26,31). The molecule has 1 saturated carbocycles. The quantitative estimate of drug-likeness (QED) is 0.374. The Balaban J connectivity index is 1.44. The highest BCUT2D eigenvalue weighted by molar-refractivity contribution is 9.10. The van der Waals surface area contributed by atoms with Crippen LogP contribution >= 0.6 is 37.6 Å². The molecule has 33 heavy (non-hydrogen) atoms. The van der Waals surface area contributed by atoms with Crippen LogP contribution in [0.25, 0.3) is 11.4 Å². The van der Waals surface area contributed by atoms with E-state index < -0.39 is 15.4 Å². The molecule has 0 unspecified atom stereocenters. The molecule has 10 heteroatoms. The number of rotatable bonds is 9. The molecule has 1 amide bonds. The van der Waals surface area contributed by atoms with Crippen LogP contribution in [0.15, 0.2) is 46.9 Å². The van der Waals surface area contributed by atoms with Crippen molar-refractivity contribution in [3.05, 3.63) is 57.5 Å². The molecule has 0 bridgehead atoms. The lowest BCUT2D eigenvalue weighted by atomic mass is 9.95. The lowest BCUT2D eigenvalue weighted by Gasteiger charge is -2.24. The first-order chi connectivity index (χ1) is 15.7. The van der Waals surface area contributed by atoms with Crippen LogP contribution in [0.3, 0.4) is 0 Å². The third kappa shape index (κ3) is 5.95. The number of benzene rings is 2. The van der Waals surface area contributed by atoms with Crippen molar-refractivity contribution in [2.75, 3.05) is 36.4 Å². The van der Waals surface area contributed by atoms with Crippen molar-refractivity contribution in [1.29, 1.82) is 0 Å². The highest BCUT2D eigenvalue weighted by Crippen LogP contribution is 2.49. The average Bonchev–Trinajstić information content (AvgIpc) is 3.44. The molecule has 0 saturated heterocycles. The number of carbonyl (C=O) groups is 1. The molecule has 1 aliphatic carbocycles. The van der Waals surface area contributed by atoms with Gasteiger partial charge in [0.25, 0.3) is 0 Å². The highest BCUT2D eigenvalue weighted by atomic mass is 79.9. The predicted molar refractivity (Wildman–Crippen MR) is 138 cm³/mol. The van der Waals surface area contributed by atoms with Crippen molar-refractivity contribution < 1.29 is 9.53 Å². The van der Waals surface area contributed by atoms with Crippen LogP contribution in [-0.4, -0.2) is 57.2 Å². The van der Waals surface area contributed by atoms with Gasteiger partial charge >= 0.3 is 0 Å². The van der Waals surface area contributed by atoms with Gasteiger partial charge in [0, 0.05) is 26.5 Å². The maximum Gasteiger partial charge on any atom is 0.235 e. The van der Waals surface area contributed by atoms with Gasteiger partial charge in [0.05, 0.1) is 12.0 Å². The summed E-state index contributed by atoms with van der Waals surface area (Å²) < 4.78 is 6.50. The Morgan fingerprint density at radius 3 is 2.73 bits per heavy atom. The van der Waals surface area contributed by atoms with E-state index in [-0.39, 0.29) is 12.6 Å². The Morgan fingerprint density at radius 1 is 1.24 bits per heavy atom. The molecule has 1 aromatic heterocycles. The molecule has 1 heterocycles. The zero-order chi connectivity index (χ0) is 23.6. The van der Waals surface area contributed by atoms with Gasteiger partial charge in [-0.3, -0.25) is 4.79 Å². The molecule has 0 atom stereocenters. The number of halogens is 2. The lowest BCUT2D eigenvalue weighted by Crippen LogP contribution is -2.27. The fourth-order valence-electron chi connectivity index (χ4n) is 3.44. The number of ether oxygens (including phenoxy) is 1. The minimum atomic E-state index is -0.601. The molecule has 4 rings (SSSR count). The Morgan fingerprint density at radius 2 is 2.03 bits per heavy atom. The van der Waals surface area contributed by atoms with Crippen molar-refractivity contribution in [2.45, 2.75) is 25.0 Å². The Bertz CT molecular complexity index is 1160. The highest BCUT2D eigenvalue weighted by Gasteiger charge is 2.51. The van der Waals surface area contributed by atoms with Crippen molar-refractivity contribution in [3.63, 3.8) is 0 Å². The van der Waals surface area contributed by atoms with Crippen LogP contribution < -0.4 is 5.32 Å². The fourth-order valence-corrected chi connectivity index (χ4v) is 4.68. The summed E-state index contributed by atoms with van der Waals surface area (Å²) in [5, 5.41) is 16.4. The van der Waals surface area contributed by atoms with E-state index in [9.17, 15) is 4.79 Å². The number of hydrogen-bond donors (Lipinski definition) is 1. The van der Waals surface area contributed by atoms with Crippen LogP contribution in [0, 0.1) is 0 Å². The number of aromatic nitrogens is 4. The van der Waals surface area contributed by atoms with Gasteiger partial charge in [-0.05, 0) is 72.7 Å². The summed E-state index contributed by atoms with van der Waals surface area (Å²) in [5.74, 6) is 1.45. The van der Waals surface area contributed by atoms with Gasteiger partial charge in [0.2, 0.25) is 11.7 Å². The topological polar surface area (TPSA) is 81.9 Å². The molecule has 1 N–H and O–H groups in total. The van der Waals surface area contributed by atoms with Gasteiger partial charge in [-0.1, -0.05) is 39.7 Å². The summed E-state index contributed by atoms with van der Waals surface area (Å²) in [5.41, 5.74) is 1.84. The fraction of sp³-hybridized carbons (Fsp3) is 0.391. The largest absolute Gasteiger partial charge is 0.356 e. The molecule has 3 aromatic rings. The molecule has 7 nitrogen and oxygen atoms in total. The number of carbonyl (C=O) groups excluding carboxylic acids is 1. The second-order valence-electron chi connectivity index (χ2n) is 9.06. The van der Waals surface area contributed by atoms with E-state index in [2.05, 4.69) is 55.4 Å². The minimum absolute atomic E-state index is 0.0379. The third-order valence-corrected chi connectivity index (χ3v) is 7.84. The van der Waals surface area contributed by atoms with Crippen molar-refractivity contribution in [2.24, 2.45) is 0 Å². The van der Waals surface area contributed by atoms with Crippen LogP contribution in [-0.2, 0) is 21.7 Å². The molecule has 1 fully saturated rings. The van der Waals surface area contributed by atoms with Crippen molar-refractivity contribution >= 4 is 49.2 Å². The molecule has 2 aromatic carbocycles. The zero-order valence-electron chi connectivity index (χ0n) is 18.8. The van der Waals surface area contributed by atoms with E-state index in [4.69, 9.17) is 16.3 Å². The van der Waals surface area contributed by atoms with Gasteiger partial charge in [-0.2, -0.15) is 0 Å². The zero-order valence-corrected chi connectivity index (χ0v) is 22.0. The van der Waals surface area contributed by atoms with Gasteiger partial charge in [0.15, 0.2) is 6.73 Å². The van der Waals surface area contributed by atoms with Gasteiger partial charge in [0.1, 0.15) is 0 Å². The van der Waals surface area contributed by atoms with Crippen LogP contribution in [0.1, 0.15) is 18.4 Å². The molecule has 1 aliphatic rings. The maximum atomic E-state index is 13.1. The van der Waals surface area contributed by atoms with Crippen LogP contribution in [0.4, 0.5) is 5.69 Å². The van der Waals surface area contributed by atoms with E-state index in [1.165, 1.54) is 4.80 Å². The van der Waals surface area contributed by atoms with Gasteiger partial charge < -0.3 is 10.1 Å². The first-order valence-electron chi connectivity index (χ1n) is 10.6. The SMILES string of the molecule is CS(C)(C)CCOCn1nnc(-c2cc(NC(=O)C3(c4cccc(Cl)c4)CC3)ccc2Br)n1. The molecule has 176 valence electrons. The summed E-state index contributed by atoms with van der Waals surface area (Å²) in [7, 11) is -0.601. The van der Waals surface area contributed by atoms with Gasteiger partial charge in [-0.15, -0.1) is 15.0 Å². The number of anilines is 1. The number of tetrazole rings is 1. The lowest BCUT2D eigenvalue weighted by molar-refractivity contribution is -0.118. The van der Waals surface area contributed by atoms with Crippen molar-refractivity contribution in [3.8, 4) is 11.4 Å². The molecular formula is C23H27BrClN5O2S. The van der Waals surface area contributed by atoms with E-state index in [1.54, 1.807) is 0 Å². The first kappa shape index (κ1) is 24.2. The molecule has 0 spiro atoms. The maximum absolute atomic E-state index is 13.1. The third-order valence-electron chi connectivity index (χ3n) is 5.53. The van der Waals surface area contributed by atoms with Crippen LogP contribution in [0.2, 0.25) is 5.02 Å². The number of nitrogens with one attached hydrogen (secondary N) is 1. The van der Waals surface area contributed by atoms with Crippen LogP contribution in [0.5, 0.6) is 0 Å². The number of nitrogens with zero attached hydrogens (tertiary/aromatic N) is 4. The number of hydrogen-bond acceptors (Lipinski definition) is 5. The molecule has 0 aliphatic heterocycles. The summed E-state index contributed by atoms with van der Waals surface area (Å²) in [4.78, 5) is 14.6.